The molecule has 1 atom stereocenters. The first-order chi connectivity index (χ1) is 8.70. The minimum absolute atomic E-state index is 0.144. The molecule has 0 saturated heterocycles. The maximum absolute atomic E-state index is 11.5. The van der Waals surface area contributed by atoms with Crippen molar-refractivity contribution >= 4 is 17.1 Å². The monoisotopic (exact) mass is 246 g/mol. The Morgan fingerprint density at radius 1 is 1.44 bits per heavy atom. The van der Waals surface area contributed by atoms with Crippen molar-refractivity contribution in [3.63, 3.8) is 0 Å². The highest BCUT2D eigenvalue weighted by Gasteiger charge is 2.12. The quantitative estimate of drug-likeness (QED) is 0.775. The van der Waals surface area contributed by atoms with Crippen molar-refractivity contribution in [3.8, 4) is 0 Å². The van der Waals surface area contributed by atoms with Gasteiger partial charge in [-0.3, -0.25) is 0 Å². The molecule has 0 aliphatic rings. The molecule has 3 N–H and O–H groups in total. The van der Waals surface area contributed by atoms with Crippen LogP contribution in [0.2, 0.25) is 0 Å². The number of urea groups is 1. The highest BCUT2D eigenvalue weighted by molar-refractivity contribution is 5.76. The van der Waals surface area contributed by atoms with Crippen LogP contribution in [0.25, 0.3) is 11.0 Å². The molecule has 2 rings (SSSR count). The van der Waals surface area contributed by atoms with E-state index in [-0.39, 0.29) is 12.1 Å². The average molecular weight is 246 g/mol. The number of aromatic amines is 1. The Hall–Kier alpha value is -2.04. The predicted molar refractivity (Wildman–Crippen MR) is 71.3 cm³/mol. The lowest BCUT2D eigenvalue weighted by Crippen LogP contribution is -2.37. The zero-order chi connectivity index (χ0) is 13.0. The number of hydrogen-bond donors (Lipinski definition) is 3. The van der Waals surface area contributed by atoms with E-state index in [1.807, 2.05) is 38.1 Å². The summed E-state index contributed by atoms with van der Waals surface area (Å²) in [6.45, 7) is 4.60. The summed E-state index contributed by atoms with van der Waals surface area (Å²) in [6.07, 6.45) is 0.923. The molecule has 18 heavy (non-hydrogen) atoms. The van der Waals surface area contributed by atoms with Crippen LogP contribution >= 0.6 is 0 Å². The van der Waals surface area contributed by atoms with Crippen LogP contribution in [0.15, 0.2) is 24.3 Å². The third kappa shape index (κ3) is 2.80. The van der Waals surface area contributed by atoms with Gasteiger partial charge >= 0.3 is 6.03 Å². The molecule has 5 nitrogen and oxygen atoms in total. The van der Waals surface area contributed by atoms with Crippen LogP contribution in [0, 0.1) is 0 Å². The first-order valence-corrected chi connectivity index (χ1v) is 6.19. The van der Waals surface area contributed by atoms with Gasteiger partial charge in [0.1, 0.15) is 5.82 Å². The van der Waals surface area contributed by atoms with Gasteiger partial charge in [0.25, 0.3) is 0 Å². The summed E-state index contributed by atoms with van der Waals surface area (Å²) in [5.74, 6) is 0.767. The Morgan fingerprint density at radius 2 is 2.22 bits per heavy atom. The maximum atomic E-state index is 11.5. The number of carbonyl (C=O) groups excluding carboxylic acids is 1. The van der Waals surface area contributed by atoms with Gasteiger partial charge in [-0.25, -0.2) is 9.78 Å². The number of rotatable bonds is 4. The van der Waals surface area contributed by atoms with Gasteiger partial charge in [-0.1, -0.05) is 19.1 Å². The van der Waals surface area contributed by atoms with E-state index >= 15 is 0 Å². The van der Waals surface area contributed by atoms with E-state index in [1.165, 1.54) is 0 Å². The molecule has 0 spiro atoms. The van der Waals surface area contributed by atoms with Crippen molar-refractivity contribution in [2.24, 2.45) is 0 Å². The smallest absolute Gasteiger partial charge is 0.315 e. The molecule has 5 heteroatoms. The number of hydrogen-bond acceptors (Lipinski definition) is 2. The van der Waals surface area contributed by atoms with Crippen molar-refractivity contribution in [2.75, 3.05) is 6.54 Å². The second kappa shape index (κ2) is 5.53. The van der Waals surface area contributed by atoms with Crippen LogP contribution in [0.4, 0.5) is 4.79 Å². The van der Waals surface area contributed by atoms with Crippen molar-refractivity contribution in [2.45, 2.75) is 26.3 Å². The van der Waals surface area contributed by atoms with E-state index in [0.717, 1.165) is 23.3 Å². The molecular formula is C13H18N4O. The number of H-pyrrole nitrogens is 1. The number of para-hydroxylation sites is 2. The van der Waals surface area contributed by atoms with Crippen LogP contribution in [0.5, 0.6) is 0 Å². The van der Waals surface area contributed by atoms with Gasteiger partial charge in [0.05, 0.1) is 17.1 Å². The highest BCUT2D eigenvalue weighted by Crippen LogP contribution is 2.15. The van der Waals surface area contributed by atoms with Crippen molar-refractivity contribution in [1.29, 1.82) is 0 Å². The fourth-order valence-electron chi connectivity index (χ4n) is 1.73. The largest absolute Gasteiger partial charge is 0.340 e. The lowest BCUT2D eigenvalue weighted by Gasteiger charge is -2.11. The van der Waals surface area contributed by atoms with Gasteiger partial charge in [0, 0.05) is 6.54 Å². The number of imidazole rings is 1. The van der Waals surface area contributed by atoms with Crippen LogP contribution < -0.4 is 10.6 Å². The van der Waals surface area contributed by atoms with Crippen LogP contribution in [-0.2, 0) is 0 Å². The van der Waals surface area contributed by atoms with E-state index in [2.05, 4.69) is 20.6 Å². The molecule has 2 amide bonds. The molecule has 0 aliphatic heterocycles. The van der Waals surface area contributed by atoms with Gasteiger partial charge in [0.2, 0.25) is 0 Å². The van der Waals surface area contributed by atoms with Crippen LogP contribution in [0.3, 0.4) is 0 Å². The third-order valence-corrected chi connectivity index (χ3v) is 2.70. The molecule has 0 bridgehead atoms. The zero-order valence-corrected chi connectivity index (χ0v) is 10.7. The van der Waals surface area contributed by atoms with Crippen molar-refractivity contribution in [1.82, 2.24) is 20.6 Å². The normalized spacial score (nSPS) is 12.3. The SMILES string of the molecule is CCCNC(=O)NC(C)c1nc2ccccc2[nH]1. The van der Waals surface area contributed by atoms with Crippen LogP contribution in [0.1, 0.15) is 32.1 Å². The fraction of sp³-hybridized carbons (Fsp3) is 0.385. The standard InChI is InChI=1S/C13H18N4O/c1-3-8-14-13(18)15-9(2)12-16-10-6-4-5-7-11(10)17-12/h4-7,9H,3,8H2,1-2H3,(H,16,17)(H2,14,15,18). The fourth-order valence-corrected chi connectivity index (χ4v) is 1.73. The van der Waals surface area contributed by atoms with Gasteiger partial charge in [-0.05, 0) is 25.5 Å². The third-order valence-electron chi connectivity index (χ3n) is 2.70. The number of carbonyl (C=O) groups is 1. The minimum Gasteiger partial charge on any atom is -0.340 e. The van der Waals surface area contributed by atoms with E-state index in [1.54, 1.807) is 0 Å². The molecular weight excluding hydrogens is 228 g/mol. The lowest BCUT2D eigenvalue weighted by molar-refractivity contribution is 0.237. The van der Waals surface area contributed by atoms with Gasteiger partial charge < -0.3 is 15.6 Å². The lowest BCUT2D eigenvalue weighted by atomic mass is 10.3. The van der Waals surface area contributed by atoms with E-state index in [0.29, 0.717) is 6.54 Å². The first-order valence-electron chi connectivity index (χ1n) is 6.19. The summed E-state index contributed by atoms with van der Waals surface area (Å²) in [5, 5.41) is 5.62. The molecule has 1 heterocycles. The molecule has 2 aromatic rings. The van der Waals surface area contributed by atoms with E-state index in [4.69, 9.17) is 0 Å². The molecule has 0 fully saturated rings. The Kier molecular flexibility index (Phi) is 3.82. The minimum atomic E-state index is -0.162. The number of aromatic nitrogens is 2. The summed E-state index contributed by atoms with van der Waals surface area (Å²) in [4.78, 5) is 19.2. The number of amides is 2. The molecule has 0 saturated carbocycles. The Balaban J connectivity index is 2.04. The first kappa shape index (κ1) is 12.4. The molecule has 0 aliphatic carbocycles. The summed E-state index contributed by atoms with van der Waals surface area (Å²) >= 11 is 0. The Labute approximate surface area is 106 Å². The van der Waals surface area contributed by atoms with Gasteiger partial charge in [-0.15, -0.1) is 0 Å². The maximum Gasteiger partial charge on any atom is 0.315 e. The molecule has 0 radical (unpaired) electrons. The number of nitrogens with one attached hydrogen (secondary N) is 3. The molecule has 1 unspecified atom stereocenters. The second-order valence-corrected chi connectivity index (χ2v) is 4.26. The Morgan fingerprint density at radius 3 is 2.94 bits per heavy atom. The predicted octanol–water partition coefficient (Wildman–Crippen LogP) is 2.33. The number of benzene rings is 1. The van der Waals surface area contributed by atoms with Crippen molar-refractivity contribution in [3.05, 3.63) is 30.1 Å². The molecule has 96 valence electrons. The van der Waals surface area contributed by atoms with E-state index in [9.17, 15) is 4.79 Å². The summed E-state index contributed by atoms with van der Waals surface area (Å²) in [5.41, 5.74) is 1.89. The van der Waals surface area contributed by atoms with Gasteiger partial charge in [-0.2, -0.15) is 0 Å². The molecule has 1 aromatic carbocycles. The highest BCUT2D eigenvalue weighted by atomic mass is 16.2. The average Bonchev–Trinajstić information content (AvgIpc) is 2.80. The number of nitrogens with zero attached hydrogens (tertiary/aromatic N) is 1. The molecule has 1 aromatic heterocycles. The summed E-state index contributed by atoms with van der Waals surface area (Å²) < 4.78 is 0. The zero-order valence-electron chi connectivity index (χ0n) is 10.7. The van der Waals surface area contributed by atoms with Crippen LogP contribution in [-0.4, -0.2) is 22.5 Å². The summed E-state index contributed by atoms with van der Waals surface area (Å²) in [6, 6.07) is 7.50. The second-order valence-electron chi connectivity index (χ2n) is 4.26. The van der Waals surface area contributed by atoms with Gasteiger partial charge in [0.15, 0.2) is 0 Å². The Bertz CT molecular complexity index is 502. The topological polar surface area (TPSA) is 69.8 Å². The van der Waals surface area contributed by atoms with E-state index < -0.39 is 0 Å². The summed E-state index contributed by atoms with van der Waals surface area (Å²) in [7, 11) is 0. The number of fused-ring (bicyclic) bond motifs is 1. The van der Waals surface area contributed by atoms with Crippen molar-refractivity contribution < 1.29 is 4.79 Å².